The number of benzene rings is 2. The highest BCUT2D eigenvalue weighted by molar-refractivity contribution is 5.94. The van der Waals surface area contributed by atoms with Gasteiger partial charge in [-0.25, -0.2) is 0 Å². The Balaban J connectivity index is 1.71. The molecule has 0 aliphatic carbocycles. The van der Waals surface area contributed by atoms with Crippen LogP contribution in [0, 0.1) is 13.8 Å². The average molecular weight is 363 g/mol. The maximum atomic E-state index is 12.5. The van der Waals surface area contributed by atoms with Crippen LogP contribution in [0.1, 0.15) is 16.8 Å². The minimum Gasteiger partial charge on any atom is -0.484 e. The number of primary amides is 1. The van der Waals surface area contributed by atoms with Gasteiger partial charge in [0, 0.05) is 16.8 Å². The Bertz CT molecular complexity index is 997. The van der Waals surface area contributed by atoms with Crippen LogP contribution in [0.4, 0.5) is 5.69 Å². The summed E-state index contributed by atoms with van der Waals surface area (Å²) in [6.45, 7) is 3.76. The lowest BCUT2D eigenvalue weighted by Gasteiger charge is -2.13. The predicted molar refractivity (Wildman–Crippen MR) is 105 cm³/mol. The molecule has 0 aliphatic rings. The molecule has 138 valence electrons. The van der Waals surface area contributed by atoms with E-state index in [2.05, 4.69) is 10.3 Å². The lowest BCUT2D eigenvalue weighted by Crippen LogP contribution is -2.20. The molecular weight excluding hydrogens is 342 g/mol. The zero-order valence-electron chi connectivity index (χ0n) is 15.3. The normalized spacial score (nSPS) is 10.6. The number of carbonyl (C=O) groups is 2. The molecule has 1 heterocycles. The monoisotopic (exact) mass is 363 g/mol. The summed E-state index contributed by atoms with van der Waals surface area (Å²) in [6, 6.07) is 14.7. The first kappa shape index (κ1) is 18.4. The van der Waals surface area contributed by atoms with E-state index < -0.39 is 5.91 Å². The van der Waals surface area contributed by atoms with Crippen LogP contribution in [0.25, 0.3) is 10.9 Å². The molecule has 3 aromatic rings. The smallest absolute Gasteiger partial charge is 0.255 e. The van der Waals surface area contributed by atoms with Crippen molar-refractivity contribution in [3.05, 3.63) is 65.4 Å². The van der Waals surface area contributed by atoms with Gasteiger partial charge in [0.2, 0.25) is 5.91 Å². The van der Waals surface area contributed by atoms with E-state index in [0.717, 1.165) is 27.7 Å². The van der Waals surface area contributed by atoms with Crippen molar-refractivity contribution in [2.45, 2.75) is 20.3 Å². The van der Waals surface area contributed by atoms with Crippen molar-refractivity contribution in [1.29, 1.82) is 0 Å². The van der Waals surface area contributed by atoms with Crippen LogP contribution in [0.3, 0.4) is 0 Å². The molecule has 0 saturated heterocycles. The molecule has 0 atom stereocenters. The third-order valence-electron chi connectivity index (χ3n) is 4.34. The summed E-state index contributed by atoms with van der Waals surface area (Å²) >= 11 is 0. The summed E-state index contributed by atoms with van der Waals surface area (Å²) < 4.78 is 5.20. The second kappa shape index (κ2) is 7.86. The van der Waals surface area contributed by atoms with Crippen molar-refractivity contribution in [2.75, 3.05) is 11.9 Å². The molecule has 2 amide bonds. The number of aryl methyl sites for hydroxylation is 2. The number of anilines is 1. The number of pyridine rings is 1. The quantitative estimate of drug-likeness (QED) is 0.704. The average Bonchev–Trinajstić information content (AvgIpc) is 2.64. The molecular formula is C21H21N3O3. The van der Waals surface area contributed by atoms with Gasteiger partial charge in [0.15, 0.2) is 6.61 Å². The Hall–Kier alpha value is -3.41. The molecule has 2 aromatic carbocycles. The molecule has 3 rings (SSSR count). The first-order valence-electron chi connectivity index (χ1n) is 8.60. The molecule has 0 radical (unpaired) electrons. The van der Waals surface area contributed by atoms with Gasteiger partial charge in [0.05, 0.1) is 11.9 Å². The van der Waals surface area contributed by atoms with Crippen LogP contribution in [-0.2, 0) is 16.0 Å². The van der Waals surface area contributed by atoms with Crippen molar-refractivity contribution in [3.63, 3.8) is 0 Å². The second-order valence-electron chi connectivity index (χ2n) is 6.32. The van der Waals surface area contributed by atoms with Gasteiger partial charge in [-0.3, -0.25) is 14.6 Å². The molecule has 0 aliphatic heterocycles. The van der Waals surface area contributed by atoms with Gasteiger partial charge in [-0.15, -0.1) is 0 Å². The fourth-order valence-corrected chi connectivity index (χ4v) is 2.99. The third-order valence-corrected chi connectivity index (χ3v) is 4.34. The summed E-state index contributed by atoms with van der Waals surface area (Å²) in [4.78, 5) is 27.8. The summed E-state index contributed by atoms with van der Waals surface area (Å²) in [6.07, 6.45) is 0.245. The molecule has 3 N–H and O–H groups in total. The number of para-hydroxylation sites is 1. The Morgan fingerprint density at radius 1 is 1.07 bits per heavy atom. The van der Waals surface area contributed by atoms with Gasteiger partial charge in [-0.2, -0.15) is 0 Å². The standard InChI is InChI=1S/C21H21N3O3/c1-13-17-5-3-4-6-19(17)23-14(2)18(13)11-21(26)24-15-7-9-16(10-8-15)27-12-20(22)25/h3-10H,11-12H2,1-2H3,(H2,22,25)(H,24,26). The van der Waals surface area contributed by atoms with Crippen LogP contribution in [-0.4, -0.2) is 23.4 Å². The van der Waals surface area contributed by atoms with Crippen molar-refractivity contribution in [1.82, 2.24) is 4.98 Å². The maximum Gasteiger partial charge on any atom is 0.255 e. The minimum atomic E-state index is -0.540. The van der Waals surface area contributed by atoms with Gasteiger partial charge >= 0.3 is 0 Å². The van der Waals surface area contributed by atoms with E-state index in [0.29, 0.717) is 11.4 Å². The Labute approximate surface area is 157 Å². The number of nitrogens with zero attached hydrogens (tertiary/aromatic N) is 1. The van der Waals surface area contributed by atoms with Gasteiger partial charge in [-0.05, 0) is 55.3 Å². The zero-order valence-corrected chi connectivity index (χ0v) is 15.3. The van der Waals surface area contributed by atoms with E-state index in [9.17, 15) is 9.59 Å². The number of ether oxygens (including phenoxy) is 1. The zero-order chi connectivity index (χ0) is 19.4. The fourth-order valence-electron chi connectivity index (χ4n) is 2.99. The van der Waals surface area contributed by atoms with Crippen LogP contribution < -0.4 is 15.8 Å². The number of amides is 2. The lowest BCUT2D eigenvalue weighted by atomic mass is 9.99. The van der Waals surface area contributed by atoms with E-state index in [1.54, 1.807) is 24.3 Å². The Kier molecular flexibility index (Phi) is 5.35. The predicted octanol–water partition coefficient (Wildman–Crippen LogP) is 2.90. The third kappa shape index (κ3) is 4.41. The number of rotatable bonds is 6. The molecule has 0 bridgehead atoms. The number of aromatic nitrogens is 1. The summed E-state index contributed by atoms with van der Waals surface area (Å²) in [5.74, 6) is -0.150. The van der Waals surface area contributed by atoms with Crippen molar-refractivity contribution < 1.29 is 14.3 Å². The van der Waals surface area contributed by atoms with Crippen LogP contribution in [0.15, 0.2) is 48.5 Å². The van der Waals surface area contributed by atoms with Gasteiger partial charge in [0.1, 0.15) is 5.75 Å². The SMILES string of the molecule is Cc1nc2ccccc2c(C)c1CC(=O)Nc1ccc(OCC(N)=O)cc1. The molecule has 0 spiro atoms. The number of hydrogen-bond acceptors (Lipinski definition) is 4. The molecule has 0 unspecified atom stereocenters. The van der Waals surface area contributed by atoms with Crippen molar-refractivity contribution >= 4 is 28.4 Å². The molecule has 6 heteroatoms. The number of fused-ring (bicyclic) bond motifs is 1. The van der Waals surface area contributed by atoms with Crippen molar-refractivity contribution in [2.24, 2.45) is 5.73 Å². The van der Waals surface area contributed by atoms with E-state index in [1.807, 2.05) is 38.1 Å². The van der Waals surface area contributed by atoms with Gasteiger partial charge in [0.25, 0.3) is 5.91 Å². The molecule has 0 saturated carbocycles. The number of hydrogen-bond donors (Lipinski definition) is 2. The number of nitrogens with one attached hydrogen (secondary N) is 1. The van der Waals surface area contributed by atoms with E-state index in [4.69, 9.17) is 10.5 Å². The highest BCUT2D eigenvalue weighted by atomic mass is 16.5. The Morgan fingerprint density at radius 2 is 1.78 bits per heavy atom. The van der Waals surface area contributed by atoms with Crippen LogP contribution in [0.5, 0.6) is 5.75 Å². The van der Waals surface area contributed by atoms with Crippen molar-refractivity contribution in [3.8, 4) is 5.75 Å². The number of nitrogens with two attached hydrogens (primary N) is 1. The Morgan fingerprint density at radius 3 is 2.48 bits per heavy atom. The molecule has 6 nitrogen and oxygen atoms in total. The highest BCUT2D eigenvalue weighted by Gasteiger charge is 2.13. The first-order chi connectivity index (χ1) is 12.9. The molecule has 0 fully saturated rings. The first-order valence-corrected chi connectivity index (χ1v) is 8.60. The molecule has 27 heavy (non-hydrogen) atoms. The van der Waals surface area contributed by atoms with E-state index in [1.165, 1.54) is 0 Å². The summed E-state index contributed by atoms with van der Waals surface area (Å²) in [5.41, 5.74) is 9.49. The van der Waals surface area contributed by atoms with E-state index in [-0.39, 0.29) is 18.9 Å². The number of carbonyl (C=O) groups excluding carboxylic acids is 2. The lowest BCUT2D eigenvalue weighted by molar-refractivity contribution is -0.120. The van der Waals surface area contributed by atoms with Gasteiger partial charge in [-0.1, -0.05) is 18.2 Å². The maximum absolute atomic E-state index is 12.5. The summed E-state index contributed by atoms with van der Waals surface area (Å²) in [7, 11) is 0. The second-order valence-corrected chi connectivity index (χ2v) is 6.32. The fraction of sp³-hybridized carbons (Fsp3) is 0.190. The minimum absolute atomic E-state index is 0.121. The largest absolute Gasteiger partial charge is 0.484 e. The van der Waals surface area contributed by atoms with Gasteiger partial charge < -0.3 is 15.8 Å². The van der Waals surface area contributed by atoms with Crippen LogP contribution >= 0.6 is 0 Å². The van der Waals surface area contributed by atoms with Crippen LogP contribution in [0.2, 0.25) is 0 Å². The highest BCUT2D eigenvalue weighted by Crippen LogP contribution is 2.23. The molecule has 1 aromatic heterocycles. The summed E-state index contributed by atoms with van der Waals surface area (Å²) in [5, 5.41) is 3.93. The topological polar surface area (TPSA) is 94.3 Å². The van der Waals surface area contributed by atoms with E-state index >= 15 is 0 Å².